The Labute approximate surface area is 134 Å². The third-order valence-corrected chi connectivity index (χ3v) is 4.10. The van der Waals surface area contributed by atoms with Crippen LogP contribution in [0.3, 0.4) is 0 Å². The predicted molar refractivity (Wildman–Crippen MR) is 89.5 cm³/mol. The SMILES string of the molecule is Cl.NCCCCCCC(=O)N1CCCC1c1ccccc1. The minimum atomic E-state index is 0. The van der Waals surface area contributed by atoms with Crippen LogP contribution in [0.5, 0.6) is 0 Å². The van der Waals surface area contributed by atoms with E-state index < -0.39 is 0 Å². The summed E-state index contributed by atoms with van der Waals surface area (Å²) in [6.07, 6.45) is 7.25. The first-order valence-electron chi connectivity index (χ1n) is 7.87. The first kappa shape index (κ1) is 18.0. The first-order chi connectivity index (χ1) is 9.83. The number of carbonyl (C=O) groups excluding carboxylic acids is 1. The average Bonchev–Trinajstić information content (AvgIpc) is 2.97. The monoisotopic (exact) mass is 310 g/mol. The van der Waals surface area contributed by atoms with Gasteiger partial charge in [0.05, 0.1) is 6.04 Å². The fourth-order valence-corrected chi connectivity index (χ4v) is 3.00. The van der Waals surface area contributed by atoms with Gasteiger partial charge in [-0.15, -0.1) is 12.4 Å². The highest BCUT2D eigenvalue weighted by atomic mass is 35.5. The largest absolute Gasteiger partial charge is 0.336 e. The van der Waals surface area contributed by atoms with Gasteiger partial charge < -0.3 is 10.6 Å². The summed E-state index contributed by atoms with van der Waals surface area (Å²) < 4.78 is 0. The van der Waals surface area contributed by atoms with Crippen LogP contribution in [0.4, 0.5) is 0 Å². The number of hydrogen-bond acceptors (Lipinski definition) is 2. The molecule has 1 aliphatic rings. The molecule has 0 saturated carbocycles. The van der Waals surface area contributed by atoms with Crippen LogP contribution < -0.4 is 5.73 Å². The van der Waals surface area contributed by atoms with Crippen molar-refractivity contribution in [2.75, 3.05) is 13.1 Å². The van der Waals surface area contributed by atoms with Crippen molar-refractivity contribution in [2.45, 2.75) is 51.0 Å². The third kappa shape index (κ3) is 5.33. The molecule has 0 radical (unpaired) electrons. The first-order valence-corrected chi connectivity index (χ1v) is 7.87. The van der Waals surface area contributed by atoms with Crippen molar-refractivity contribution in [1.29, 1.82) is 0 Å². The van der Waals surface area contributed by atoms with E-state index in [0.717, 1.165) is 51.6 Å². The molecule has 21 heavy (non-hydrogen) atoms. The van der Waals surface area contributed by atoms with Crippen LogP contribution in [-0.2, 0) is 4.79 Å². The van der Waals surface area contributed by atoms with Gasteiger partial charge in [0.25, 0.3) is 0 Å². The summed E-state index contributed by atoms with van der Waals surface area (Å²) in [6.45, 7) is 1.68. The summed E-state index contributed by atoms with van der Waals surface area (Å²) in [7, 11) is 0. The lowest BCUT2D eigenvalue weighted by atomic mass is 10.0. The number of halogens is 1. The zero-order valence-electron chi connectivity index (χ0n) is 12.7. The molecule has 0 bridgehead atoms. The summed E-state index contributed by atoms with van der Waals surface area (Å²) in [6, 6.07) is 10.7. The molecule has 1 aromatic rings. The molecule has 1 aromatic carbocycles. The second kappa shape index (κ2) is 9.80. The van der Waals surface area contributed by atoms with Crippen molar-refractivity contribution in [2.24, 2.45) is 5.73 Å². The number of amides is 1. The molecule has 3 nitrogen and oxygen atoms in total. The van der Waals surface area contributed by atoms with Crippen LogP contribution in [0.2, 0.25) is 0 Å². The molecule has 0 aromatic heterocycles. The van der Waals surface area contributed by atoms with E-state index in [0.29, 0.717) is 18.4 Å². The van der Waals surface area contributed by atoms with Crippen molar-refractivity contribution in [3.05, 3.63) is 35.9 Å². The smallest absolute Gasteiger partial charge is 0.223 e. The van der Waals surface area contributed by atoms with E-state index in [1.54, 1.807) is 0 Å². The van der Waals surface area contributed by atoms with Crippen molar-refractivity contribution >= 4 is 18.3 Å². The highest BCUT2D eigenvalue weighted by molar-refractivity contribution is 5.85. The van der Waals surface area contributed by atoms with Crippen LogP contribution in [0.1, 0.15) is 56.6 Å². The number of carbonyl (C=O) groups is 1. The number of likely N-dealkylation sites (tertiary alicyclic amines) is 1. The molecule has 1 heterocycles. The average molecular weight is 311 g/mol. The zero-order chi connectivity index (χ0) is 14.2. The van der Waals surface area contributed by atoms with Crippen LogP contribution >= 0.6 is 12.4 Å². The Morgan fingerprint density at radius 3 is 2.57 bits per heavy atom. The quantitative estimate of drug-likeness (QED) is 0.781. The zero-order valence-corrected chi connectivity index (χ0v) is 13.5. The minimum absolute atomic E-state index is 0. The van der Waals surface area contributed by atoms with Gasteiger partial charge in [-0.1, -0.05) is 43.2 Å². The highest BCUT2D eigenvalue weighted by Gasteiger charge is 2.29. The van der Waals surface area contributed by atoms with Gasteiger partial charge in [-0.3, -0.25) is 4.79 Å². The Balaban J connectivity index is 0.00000220. The Hall–Kier alpha value is -1.06. The third-order valence-electron chi connectivity index (χ3n) is 4.10. The van der Waals surface area contributed by atoms with Crippen molar-refractivity contribution in [3.63, 3.8) is 0 Å². The molecule has 0 spiro atoms. The van der Waals surface area contributed by atoms with Crippen molar-refractivity contribution < 1.29 is 4.79 Å². The summed E-state index contributed by atoms with van der Waals surface area (Å²) in [4.78, 5) is 14.4. The molecule has 1 amide bonds. The molecule has 0 aliphatic carbocycles. The second-order valence-electron chi connectivity index (χ2n) is 5.61. The van der Waals surface area contributed by atoms with Gasteiger partial charge in [-0.2, -0.15) is 0 Å². The van der Waals surface area contributed by atoms with E-state index in [1.165, 1.54) is 5.56 Å². The fraction of sp³-hybridized carbons (Fsp3) is 0.588. The number of hydrogen-bond donors (Lipinski definition) is 1. The standard InChI is InChI=1S/C17H26N2O.ClH/c18-13-7-2-1-6-12-17(20)19-14-8-11-16(19)15-9-4-3-5-10-15;/h3-5,9-10,16H,1-2,6-8,11-14,18H2;1H. The second-order valence-corrected chi connectivity index (χ2v) is 5.61. The molecule has 2 rings (SSSR count). The van der Waals surface area contributed by atoms with E-state index >= 15 is 0 Å². The summed E-state index contributed by atoms with van der Waals surface area (Å²) in [5.74, 6) is 0.323. The van der Waals surface area contributed by atoms with Crippen LogP contribution in [0.25, 0.3) is 0 Å². The Morgan fingerprint density at radius 1 is 1.14 bits per heavy atom. The minimum Gasteiger partial charge on any atom is -0.336 e. The van der Waals surface area contributed by atoms with Gasteiger partial charge in [-0.05, 0) is 37.8 Å². The van der Waals surface area contributed by atoms with E-state index in [1.807, 2.05) is 6.07 Å². The maximum absolute atomic E-state index is 12.4. The Morgan fingerprint density at radius 2 is 1.86 bits per heavy atom. The normalized spacial score (nSPS) is 17.6. The van der Waals surface area contributed by atoms with E-state index in [2.05, 4.69) is 29.2 Å². The summed E-state index contributed by atoms with van der Waals surface area (Å²) in [5.41, 5.74) is 6.76. The Kier molecular flexibility index (Phi) is 8.40. The lowest BCUT2D eigenvalue weighted by Gasteiger charge is -2.25. The molecule has 1 aliphatic heterocycles. The lowest BCUT2D eigenvalue weighted by molar-refractivity contribution is -0.132. The van der Waals surface area contributed by atoms with Crippen LogP contribution in [-0.4, -0.2) is 23.9 Å². The summed E-state index contributed by atoms with van der Waals surface area (Å²) in [5, 5.41) is 0. The Bertz CT molecular complexity index is 411. The maximum atomic E-state index is 12.4. The van der Waals surface area contributed by atoms with Crippen LogP contribution in [0.15, 0.2) is 30.3 Å². The van der Waals surface area contributed by atoms with Gasteiger partial charge in [-0.25, -0.2) is 0 Å². The molecular formula is C17H27ClN2O. The molecule has 1 saturated heterocycles. The number of rotatable bonds is 7. The van der Waals surface area contributed by atoms with E-state index in [4.69, 9.17) is 5.73 Å². The van der Waals surface area contributed by atoms with Gasteiger partial charge >= 0.3 is 0 Å². The van der Waals surface area contributed by atoms with E-state index in [9.17, 15) is 4.79 Å². The predicted octanol–water partition coefficient (Wildman–Crippen LogP) is 3.68. The molecule has 1 fully saturated rings. The number of nitrogens with zero attached hydrogens (tertiary/aromatic N) is 1. The molecular weight excluding hydrogens is 284 g/mol. The molecule has 2 N–H and O–H groups in total. The van der Waals surface area contributed by atoms with Gasteiger partial charge in [0.2, 0.25) is 5.91 Å². The topological polar surface area (TPSA) is 46.3 Å². The van der Waals surface area contributed by atoms with Crippen molar-refractivity contribution in [3.8, 4) is 0 Å². The van der Waals surface area contributed by atoms with Gasteiger partial charge in [0, 0.05) is 13.0 Å². The van der Waals surface area contributed by atoms with Crippen LogP contribution in [0, 0.1) is 0 Å². The van der Waals surface area contributed by atoms with Gasteiger partial charge in [0.15, 0.2) is 0 Å². The lowest BCUT2D eigenvalue weighted by Crippen LogP contribution is -2.30. The highest BCUT2D eigenvalue weighted by Crippen LogP contribution is 2.32. The van der Waals surface area contributed by atoms with Gasteiger partial charge in [0.1, 0.15) is 0 Å². The van der Waals surface area contributed by atoms with Crippen molar-refractivity contribution in [1.82, 2.24) is 4.90 Å². The van der Waals surface area contributed by atoms with E-state index in [-0.39, 0.29) is 12.4 Å². The number of nitrogens with two attached hydrogens (primary N) is 1. The molecule has 1 atom stereocenters. The maximum Gasteiger partial charge on any atom is 0.223 e. The number of benzene rings is 1. The molecule has 1 unspecified atom stereocenters. The fourth-order valence-electron chi connectivity index (χ4n) is 3.00. The summed E-state index contributed by atoms with van der Waals surface area (Å²) >= 11 is 0. The molecule has 118 valence electrons. The molecule has 4 heteroatoms. The number of unbranched alkanes of at least 4 members (excludes halogenated alkanes) is 3.